The van der Waals surface area contributed by atoms with Crippen molar-refractivity contribution in [1.82, 2.24) is 4.90 Å². The Labute approximate surface area is 159 Å². The van der Waals surface area contributed by atoms with Gasteiger partial charge in [-0.1, -0.05) is 18.2 Å². The Morgan fingerprint density at radius 1 is 1.41 bits per heavy atom. The molecule has 2 aliphatic carbocycles. The predicted molar refractivity (Wildman–Crippen MR) is 103 cm³/mol. The summed E-state index contributed by atoms with van der Waals surface area (Å²) in [7, 11) is 0. The zero-order valence-electron chi connectivity index (χ0n) is 15.6. The van der Waals surface area contributed by atoms with Crippen LogP contribution in [-0.2, 0) is 11.8 Å². The second-order valence-corrected chi connectivity index (χ2v) is 8.36. The third-order valence-corrected chi connectivity index (χ3v) is 6.95. The van der Waals surface area contributed by atoms with Gasteiger partial charge in [-0.3, -0.25) is 9.89 Å². The minimum atomic E-state index is -0.631. The van der Waals surface area contributed by atoms with Gasteiger partial charge in [0.05, 0.1) is 5.84 Å². The summed E-state index contributed by atoms with van der Waals surface area (Å²) < 4.78 is 6.18. The normalized spacial score (nSPS) is 36.4. The summed E-state index contributed by atoms with van der Waals surface area (Å²) in [6.07, 6.45) is 6.03. The highest BCUT2D eigenvalue weighted by atomic mass is 16.5. The number of phenolic OH excluding ortho intramolecular Hbond substituents is 1. The molecule has 5 atom stereocenters. The summed E-state index contributed by atoms with van der Waals surface area (Å²) >= 11 is 0. The van der Waals surface area contributed by atoms with E-state index in [0.29, 0.717) is 23.5 Å². The highest BCUT2D eigenvalue weighted by molar-refractivity contribution is 5.77. The van der Waals surface area contributed by atoms with E-state index >= 15 is 0 Å². The molecule has 2 heterocycles. The number of aliphatic imine (C=N–C) groups is 1. The quantitative estimate of drug-likeness (QED) is 0.322. The highest BCUT2D eigenvalue weighted by Gasteiger charge is 2.64. The molecule has 1 unspecified atom stereocenters. The van der Waals surface area contributed by atoms with Crippen LogP contribution in [0.5, 0.6) is 11.5 Å². The Balaban J connectivity index is 1.51. The smallest absolute Gasteiger partial charge is 0.165 e. The van der Waals surface area contributed by atoms with Gasteiger partial charge in [0, 0.05) is 36.0 Å². The van der Waals surface area contributed by atoms with Gasteiger partial charge >= 0.3 is 0 Å². The van der Waals surface area contributed by atoms with Gasteiger partial charge in [-0.25, -0.2) is 0 Å². The first-order valence-electron chi connectivity index (χ1n) is 9.91. The van der Waals surface area contributed by atoms with Crippen molar-refractivity contribution in [1.29, 1.82) is 0 Å². The molecular formula is C21H27N3O3. The van der Waals surface area contributed by atoms with E-state index in [1.54, 1.807) is 6.07 Å². The maximum atomic E-state index is 10.6. The van der Waals surface area contributed by atoms with E-state index in [9.17, 15) is 10.2 Å². The van der Waals surface area contributed by atoms with Gasteiger partial charge in [0.25, 0.3) is 0 Å². The first-order chi connectivity index (χ1) is 13.0. The summed E-state index contributed by atoms with van der Waals surface area (Å²) in [5.41, 5.74) is 7.84. The highest BCUT2D eigenvalue weighted by Crippen LogP contribution is 2.62. The second-order valence-electron chi connectivity index (χ2n) is 8.36. The van der Waals surface area contributed by atoms with Crippen LogP contribution in [0.15, 0.2) is 29.3 Å². The number of nitrogens with zero attached hydrogens (tertiary/aromatic N) is 2. The molecule has 1 saturated heterocycles. The van der Waals surface area contributed by atoms with Gasteiger partial charge in [-0.2, -0.15) is 0 Å². The van der Waals surface area contributed by atoms with Crippen molar-refractivity contribution in [3.05, 3.63) is 35.4 Å². The maximum Gasteiger partial charge on any atom is 0.165 e. The molecule has 6 nitrogen and oxygen atoms in total. The standard InChI is InChI=1S/C21H27N3O3/c1-12(22)23-8-2-9-24-10-7-21-14-4-6-17(26)20(21)27-19-16(25)5-3-13(18(19)21)11-15(14)24/h3-6,14-15,17,20,25-26H,2,7-11H2,1H3,(H2,22,23)/t14?,15-,17-,20-,21-/m0/s1. The summed E-state index contributed by atoms with van der Waals surface area (Å²) in [5.74, 6) is 1.74. The molecule has 4 N–H and O–H groups in total. The van der Waals surface area contributed by atoms with Crippen LogP contribution in [0.1, 0.15) is 30.9 Å². The van der Waals surface area contributed by atoms with Crippen molar-refractivity contribution < 1.29 is 14.9 Å². The van der Waals surface area contributed by atoms with E-state index in [-0.39, 0.29) is 17.3 Å². The number of amidine groups is 1. The minimum absolute atomic E-state index is 0.194. The Kier molecular flexibility index (Phi) is 3.78. The molecule has 2 bridgehead atoms. The molecule has 2 aliphatic heterocycles. The first kappa shape index (κ1) is 17.1. The number of ether oxygens (including phenoxy) is 1. The lowest BCUT2D eigenvalue weighted by Crippen LogP contribution is -2.65. The van der Waals surface area contributed by atoms with Crippen LogP contribution >= 0.6 is 0 Å². The molecule has 5 rings (SSSR count). The number of phenols is 1. The van der Waals surface area contributed by atoms with Crippen LogP contribution in [0.3, 0.4) is 0 Å². The van der Waals surface area contributed by atoms with Crippen LogP contribution in [0.25, 0.3) is 0 Å². The Hall–Kier alpha value is -2.05. The molecule has 0 aromatic heterocycles. The molecule has 6 heteroatoms. The SMILES string of the molecule is CC(N)=NCCCN1CC[C@]23c4c5ccc(O)c4O[C@H]2[C@@H](O)C=CC3[C@@H]1C5. The average molecular weight is 369 g/mol. The van der Waals surface area contributed by atoms with E-state index in [4.69, 9.17) is 10.5 Å². The average Bonchev–Trinajstić information content (AvgIpc) is 2.99. The third kappa shape index (κ3) is 2.29. The molecule has 0 saturated carbocycles. The molecule has 1 fully saturated rings. The number of rotatable bonds is 4. The molecule has 1 spiro atoms. The van der Waals surface area contributed by atoms with Crippen molar-refractivity contribution in [3.63, 3.8) is 0 Å². The van der Waals surface area contributed by atoms with Crippen molar-refractivity contribution in [2.45, 2.75) is 49.9 Å². The van der Waals surface area contributed by atoms with E-state index in [0.717, 1.165) is 44.5 Å². The molecular weight excluding hydrogens is 342 g/mol. The van der Waals surface area contributed by atoms with E-state index in [1.165, 1.54) is 5.56 Å². The van der Waals surface area contributed by atoms with Crippen molar-refractivity contribution in [2.75, 3.05) is 19.6 Å². The molecule has 144 valence electrons. The van der Waals surface area contributed by atoms with Crippen LogP contribution in [0.4, 0.5) is 0 Å². The molecule has 27 heavy (non-hydrogen) atoms. The van der Waals surface area contributed by atoms with E-state index in [1.807, 2.05) is 19.1 Å². The van der Waals surface area contributed by atoms with Gasteiger partial charge < -0.3 is 20.7 Å². The lowest BCUT2D eigenvalue weighted by atomic mass is 9.53. The van der Waals surface area contributed by atoms with Crippen molar-refractivity contribution >= 4 is 5.84 Å². The van der Waals surface area contributed by atoms with Crippen LogP contribution in [-0.4, -0.2) is 58.8 Å². The Morgan fingerprint density at radius 2 is 2.26 bits per heavy atom. The summed E-state index contributed by atoms with van der Waals surface area (Å²) in [6.45, 7) is 4.56. The number of aromatic hydroxyl groups is 1. The fourth-order valence-electron chi connectivity index (χ4n) is 5.94. The second kappa shape index (κ2) is 5.97. The van der Waals surface area contributed by atoms with Crippen LogP contribution in [0.2, 0.25) is 0 Å². The fourth-order valence-corrected chi connectivity index (χ4v) is 5.94. The number of likely N-dealkylation sites (tertiary alicyclic amines) is 1. The summed E-state index contributed by atoms with van der Waals surface area (Å²) in [6, 6.07) is 4.17. The van der Waals surface area contributed by atoms with E-state index < -0.39 is 6.10 Å². The van der Waals surface area contributed by atoms with Crippen molar-refractivity contribution in [3.8, 4) is 11.5 Å². The van der Waals surface area contributed by atoms with Crippen LogP contribution in [0, 0.1) is 5.92 Å². The van der Waals surface area contributed by atoms with Gasteiger partial charge in [-0.15, -0.1) is 0 Å². The molecule has 1 aromatic rings. The number of hydrogen-bond donors (Lipinski definition) is 3. The topological polar surface area (TPSA) is 91.3 Å². The lowest BCUT2D eigenvalue weighted by Gasteiger charge is -2.57. The zero-order chi connectivity index (χ0) is 18.8. The summed E-state index contributed by atoms with van der Waals surface area (Å²) in [5, 5.41) is 21.0. The van der Waals surface area contributed by atoms with Crippen molar-refractivity contribution in [2.24, 2.45) is 16.6 Å². The summed E-state index contributed by atoms with van der Waals surface area (Å²) in [4.78, 5) is 6.89. The molecule has 0 radical (unpaired) electrons. The number of aliphatic hydroxyl groups is 1. The van der Waals surface area contributed by atoms with E-state index in [2.05, 4.69) is 16.0 Å². The largest absolute Gasteiger partial charge is 0.504 e. The molecule has 1 aromatic carbocycles. The van der Waals surface area contributed by atoms with Crippen LogP contribution < -0.4 is 10.5 Å². The fraction of sp³-hybridized carbons (Fsp3) is 0.571. The number of benzene rings is 1. The zero-order valence-corrected chi connectivity index (χ0v) is 15.6. The number of piperidine rings is 1. The minimum Gasteiger partial charge on any atom is -0.504 e. The third-order valence-electron chi connectivity index (χ3n) is 6.95. The van der Waals surface area contributed by atoms with Gasteiger partial charge in [0.1, 0.15) is 12.2 Å². The maximum absolute atomic E-state index is 10.6. The molecule has 0 amide bonds. The predicted octanol–water partition coefficient (Wildman–Crippen LogP) is 1.34. The lowest BCUT2D eigenvalue weighted by molar-refractivity contribution is -0.0516. The van der Waals surface area contributed by atoms with Gasteiger partial charge in [0.2, 0.25) is 0 Å². The molecule has 4 aliphatic rings. The number of nitrogens with two attached hydrogens (primary N) is 1. The first-order valence-corrected chi connectivity index (χ1v) is 9.91. The monoisotopic (exact) mass is 369 g/mol. The number of hydrogen-bond acceptors (Lipinski definition) is 5. The number of aliphatic hydroxyl groups excluding tert-OH is 1. The van der Waals surface area contributed by atoms with Gasteiger partial charge in [0.15, 0.2) is 11.5 Å². The Bertz CT molecular complexity index is 832. The van der Waals surface area contributed by atoms with Gasteiger partial charge in [-0.05, 0) is 44.4 Å². The Morgan fingerprint density at radius 3 is 3.07 bits per heavy atom.